The average Bonchev–Trinajstić information content (AvgIpc) is 1.80. The smallest absolute Gasteiger partial charge is 0.333 e. The first-order chi connectivity index (χ1) is 41.3. The number of sulfonamides is 1. The summed E-state index contributed by atoms with van der Waals surface area (Å²) in [5.74, 6) is -1.83. The number of imide groups is 1. The highest BCUT2D eigenvalue weighted by atomic mass is 32.2. The number of hydrogen-bond donors (Lipinski definition) is 5. The molecule has 4 aromatic carbocycles. The summed E-state index contributed by atoms with van der Waals surface area (Å²) in [5, 5.41) is 40.7. The number of hydrogen-bond acceptors (Lipinski definition) is 24. The Morgan fingerprint density at radius 3 is 2.11 bits per heavy atom. The van der Waals surface area contributed by atoms with E-state index >= 15 is 0 Å². The van der Waals surface area contributed by atoms with Crippen LogP contribution in [0.1, 0.15) is 96.6 Å². The van der Waals surface area contributed by atoms with Gasteiger partial charge in [-0.2, -0.15) is 21.4 Å². The molecule has 1 aliphatic carbocycles. The predicted molar refractivity (Wildman–Crippen MR) is 327 cm³/mol. The van der Waals surface area contributed by atoms with Crippen LogP contribution in [0.3, 0.4) is 0 Å². The molecule has 3 heterocycles. The quantitative estimate of drug-likeness (QED) is 0.00616. The topological polar surface area (TPSA) is 332 Å². The van der Waals surface area contributed by atoms with Crippen LogP contribution in [0, 0.1) is 0 Å². The zero-order valence-electron chi connectivity index (χ0n) is 47.7. The van der Waals surface area contributed by atoms with Gasteiger partial charge in [0.05, 0.1) is 33.0 Å². The zero-order chi connectivity index (χ0) is 63.1. The fourth-order valence-corrected chi connectivity index (χ4v) is 16.8. The van der Waals surface area contributed by atoms with Crippen molar-refractivity contribution in [2.45, 2.75) is 111 Å². The summed E-state index contributed by atoms with van der Waals surface area (Å²) in [5.41, 5.74) is 4.76. The van der Waals surface area contributed by atoms with Gasteiger partial charge in [-0.05, 0) is 115 Å². The molecule has 0 radical (unpaired) electrons. The van der Waals surface area contributed by atoms with Gasteiger partial charge in [0, 0.05) is 137 Å². The van der Waals surface area contributed by atoms with E-state index in [1.165, 1.54) is 37.0 Å². The number of fused-ring (bicyclic) bond motifs is 6. The summed E-state index contributed by atoms with van der Waals surface area (Å²) < 4.78 is 116. The second-order valence-corrected chi connectivity index (χ2v) is 29.9. The van der Waals surface area contributed by atoms with Gasteiger partial charge >= 0.3 is 5.97 Å². The minimum atomic E-state index is -4.76. The highest BCUT2D eigenvalue weighted by Gasteiger charge is 2.47. The molecule has 1 saturated heterocycles. The van der Waals surface area contributed by atoms with E-state index in [2.05, 4.69) is 33.3 Å². The van der Waals surface area contributed by atoms with Crippen molar-refractivity contribution in [3.8, 4) is 0 Å². The van der Waals surface area contributed by atoms with E-state index < -0.39 is 69.5 Å². The monoisotopic (exact) mass is 1340 g/mol. The summed E-state index contributed by atoms with van der Waals surface area (Å²) in [4.78, 5) is 44.2. The lowest BCUT2D eigenvalue weighted by Gasteiger charge is -2.27. The highest BCUT2D eigenvalue weighted by molar-refractivity contribution is 8.04. The third kappa shape index (κ3) is 15.5. The molecule has 472 valence electrons. The molecule has 4 aromatic rings. The van der Waals surface area contributed by atoms with Crippen LogP contribution in [0.5, 0.6) is 0 Å². The van der Waals surface area contributed by atoms with Crippen molar-refractivity contribution >= 4 is 135 Å². The van der Waals surface area contributed by atoms with E-state index in [-0.39, 0.29) is 47.8 Å². The second kappa shape index (κ2) is 29.0. The molecule has 0 aromatic heterocycles. The Morgan fingerprint density at radius 1 is 0.747 bits per heavy atom. The maximum absolute atomic E-state index is 14.4. The Labute approximate surface area is 520 Å². The largest absolute Gasteiger partial charge is 0.344 e. The van der Waals surface area contributed by atoms with Gasteiger partial charge < -0.3 is 9.74 Å². The number of rotatable bonds is 30. The summed E-state index contributed by atoms with van der Waals surface area (Å²) in [7, 11) is -11.9. The minimum Gasteiger partial charge on any atom is -0.344 e. The maximum Gasteiger partial charge on any atom is 0.333 e. The van der Waals surface area contributed by atoms with Crippen LogP contribution >= 0.6 is 47.9 Å². The van der Waals surface area contributed by atoms with Crippen LogP contribution in [0.15, 0.2) is 115 Å². The van der Waals surface area contributed by atoms with Gasteiger partial charge in [-0.25, -0.2) is 33.3 Å². The fourth-order valence-electron chi connectivity index (χ4n) is 11.4. The molecule has 25 nitrogen and oxygen atoms in total. The van der Waals surface area contributed by atoms with Crippen molar-refractivity contribution in [1.29, 1.82) is 0 Å². The van der Waals surface area contributed by atoms with E-state index in [1.807, 2.05) is 70.2 Å². The van der Waals surface area contributed by atoms with E-state index in [9.17, 15) is 48.7 Å². The van der Waals surface area contributed by atoms with Crippen LogP contribution in [0.25, 0.3) is 21.5 Å². The molecule has 87 heavy (non-hydrogen) atoms. The van der Waals surface area contributed by atoms with Gasteiger partial charge in [-0.15, -0.1) is 29.8 Å². The summed E-state index contributed by atoms with van der Waals surface area (Å²) in [6.07, 6.45) is 10.5. The first kappa shape index (κ1) is 68.1. The molecule has 4 aliphatic rings. The molecule has 2 amide bonds. The van der Waals surface area contributed by atoms with Gasteiger partial charge in [-0.3, -0.25) is 18.7 Å². The van der Waals surface area contributed by atoms with Crippen LogP contribution in [-0.4, -0.2) is 137 Å². The Hall–Kier alpha value is -4.79. The third-order valence-electron chi connectivity index (χ3n) is 15.3. The molecular weight excluding hydrogens is 1280 g/mol. The van der Waals surface area contributed by atoms with Crippen molar-refractivity contribution in [1.82, 2.24) is 9.37 Å². The first-order valence-electron chi connectivity index (χ1n) is 27.1. The van der Waals surface area contributed by atoms with Crippen LogP contribution in [-0.2, 0) is 88.4 Å². The Bertz CT molecular complexity index is 3810. The number of allylic oxidation sites excluding steroid dienone is 7. The Balaban J connectivity index is 1.18. The minimum absolute atomic E-state index is 0.00614. The number of hydroxylamine groups is 2. The lowest BCUT2D eigenvalue weighted by atomic mass is 9.78. The van der Waals surface area contributed by atoms with Gasteiger partial charge in [0.25, 0.3) is 32.1 Å². The zero-order valence-corrected chi connectivity index (χ0v) is 53.4. The lowest BCUT2D eigenvalue weighted by Crippen LogP contribution is -2.32. The van der Waals surface area contributed by atoms with Gasteiger partial charge in [0.2, 0.25) is 15.7 Å². The summed E-state index contributed by atoms with van der Waals surface area (Å²) >= 11 is 3.62. The standard InChI is InChI=1S/C55H64N4O21S7/c1-54(2)46(57(27-9-29-82-78-75-63)42-21-19-39-40(51(42)54)13-7-14-45(39)86(69,70)56(5)26-8-15-50(62)74-59-48(60)24-25-49(59)61)22-16-35-11-6-12-36(53(35)81-31-32-85(66,67)68)17-23-47-55(3,4)52-41-33-37(87(71,72)73)34-44(84-80-77-65)38(41)18-20-43(52)58(47)28-10-30-83-79-76-64/h7,13-14,16-23,33-34H,6,8-12,15,24-32H2,1-5H3,(H4-,63,64,65,66,67,68,71,72,73)/p+1. The molecule has 5 N–H and O–H groups in total. The molecule has 0 saturated carbocycles. The second-order valence-electron chi connectivity index (χ2n) is 21.5. The van der Waals surface area contributed by atoms with Crippen molar-refractivity contribution in [3.63, 3.8) is 0 Å². The molecule has 3 aliphatic heterocycles. The third-order valence-corrected chi connectivity index (χ3v) is 22.1. The molecule has 1 fully saturated rings. The number of amides is 2. The van der Waals surface area contributed by atoms with Gasteiger partial charge in [0.1, 0.15) is 6.54 Å². The van der Waals surface area contributed by atoms with Crippen molar-refractivity contribution in [2.75, 3.05) is 54.6 Å². The molecule has 0 atom stereocenters. The van der Waals surface area contributed by atoms with Crippen molar-refractivity contribution in [2.24, 2.45) is 0 Å². The average molecular weight is 1340 g/mol. The molecule has 8 rings (SSSR count). The molecule has 0 unspecified atom stereocenters. The number of thioether (sulfide) groups is 1. The molecular formula is C55H65N4O21S7+. The normalized spacial score (nSPS) is 18.1. The van der Waals surface area contributed by atoms with E-state index in [0.29, 0.717) is 107 Å². The van der Waals surface area contributed by atoms with Gasteiger partial charge in [-0.1, -0.05) is 59.3 Å². The SMILES string of the molecule is CN(CCCC(=O)ON1C(=O)CCC1=O)S(=O)(=O)c1cccc2c3c(ccc12)N(CCCSOOO)/C(=C/C=C1\CCCC(/C=C/C2=[N+](CCCSOOO)c4ccc5c(SOOO)cc(S(=O)(=O)O)cc5c4C2(C)C)=C1SCCS(=O)(=O)O)C3(C)C. The molecule has 32 heteroatoms. The molecule has 0 bridgehead atoms. The van der Waals surface area contributed by atoms with Crippen molar-refractivity contribution in [3.05, 3.63) is 112 Å². The van der Waals surface area contributed by atoms with Crippen molar-refractivity contribution < 1.29 is 102 Å². The number of carbonyl (C=O) groups excluding carboxylic acids is 3. The summed E-state index contributed by atoms with van der Waals surface area (Å²) in [6, 6.07) is 14.9. The van der Waals surface area contributed by atoms with Crippen LogP contribution < -0.4 is 4.90 Å². The predicted octanol–water partition coefficient (Wildman–Crippen LogP) is 10.2. The fraction of sp³-hybridized carbons (Fsp3) is 0.418. The Kier molecular flexibility index (Phi) is 22.7. The maximum atomic E-state index is 14.4. The van der Waals surface area contributed by atoms with Crippen LogP contribution in [0.4, 0.5) is 11.4 Å². The van der Waals surface area contributed by atoms with E-state index in [1.54, 1.807) is 18.2 Å². The first-order valence-corrected chi connectivity index (χ1v) is 35.2. The summed E-state index contributed by atoms with van der Waals surface area (Å²) in [6.45, 7) is 8.76. The molecule has 0 spiro atoms. The van der Waals surface area contributed by atoms with Gasteiger partial charge in [0.15, 0.2) is 5.71 Å². The lowest BCUT2D eigenvalue weighted by molar-refractivity contribution is -0.438. The highest BCUT2D eigenvalue weighted by Crippen LogP contribution is 2.53. The Morgan fingerprint density at radius 2 is 1.44 bits per heavy atom. The number of anilines is 1. The number of carbonyl (C=O) groups is 3. The number of nitrogens with zero attached hydrogens (tertiary/aromatic N) is 4. The van der Waals surface area contributed by atoms with E-state index in [0.717, 1.165) is 67.1 Å². The van der Waals surface area contributed by atoms with E-state index in [4.69, 9.17) is 24.9 Å². The van der Waals surface area contributed by atoms with Crippen LogP contribution in [0.2, 0.25) is 0 Å². The number of benzene rings is 4.